The first-order valence-electron chi connectivity index (χ1n) is 8.71. The predicted molar refractivity (Wildman–Crippen MR) is 108 cm³/mol. The maximum absolute atomic E-state index is 12.2. The van der Waals surface area contributed by atoms with E-state index in [2.05, 4.69) is 36.7 Å². The van der Waals surface area contributed by atoms with Crippen LogP contribution in [0.15, 0.2) is 18.2 Å². The monoisotopic (exact) mass is 403 g/mol. The molecule has 7 heteroatoms. The Bertz CT molecular complexity index is 602. The molecule has 4 nitrogen and oxygen atoms in total. The lowest BCUT2D eigenvalue weighted by molar-refractivity contribution is -0.125. The van der Waals surface area contributed by atoms with Crippen molar-refractivity contribution < 1.29 is 4.79 Å². The van der Waals surface area contributed by atoms with Crippen molar-refractivity contribution in [2.24, 2.45) is 11.7 Å². The van der Waals surface area contributed by atoms with Crippen LogP contribution < -0.4 is 11.1 Å². The van der Waals surface area contributed by atoms with Crippen LogP contribution in [-0.4, -0.2) is 41.2 Å². The maximum Gasteiger partial charge on any atom is 0.235 e. The number of amides is 1. The SMILES string of the molecule is CC[C@H](C)[C@@H](C(N)=O)N(Cc1cccc(Cl)c1Cl)C[C@@H]1C[C@H](S)CN1. The third-order valence-corrected chi connectivity index (χ3v) is 6.18. The second-order valence-corrected chi connectivity index (χ2v) is 8.39. The Morgan fingerprint density at radius 3 is 2.76 bits per heavy atom. The predicted octanol–water partition coefficient (Wildman–Crippen LogP) is 3.36. The number of carbonyl (C=O) groups excluding carboxylic acids is 1. The summed E-state index contributed by atoms with van der Waals surface area (Å²) < 4.78 is 0. The summed E-state index contributed by atoms with van der Waals surface area (Å²) >= 11 is 17.1. The molecule has 4 atom stereocenters. The average molecular weight is 404 g/mol. The molecule has 1 aromatic carbocycles. The molecule has 140 valence electrons. The van der Waals surface area contributed by atoms with E-state index in [-0.39, 0.29) is 23.9 Å². The first-order chi connectivity index (χ1) is 11.8. The lowest BCUT2D eigenvalue weighted by Gasteiger charge is -2.35. The van der Waals surface area contributed by atoms with E-state index < -0.39 is 0 Å². The molecule has 0 saturated carbocycles. The van der Waals surface area contributed by atoms with Gasteiger partial charge in [-0.3, -0.25) is 9.69 Å². The van der Waals surface area contributed by atoms with Crippen molar-refractivity contribution in [3.8, 4) is 0 Å². The number of hydrogen-bond acceptors (Lipinski definition) is 4. The first kappa shape index (κ1) is 20.8. The molecular weight excluding hydrogens is 377 g/mol. The smallest absolute Gasteiger partial charge is 0.235 e. The fourth-order valence-electron chi connectivity index (χ4n) is 3.43. The molecule has 1 aliphatic heterocycles. The van der Waals surface area contributed by atoms with E-state index in [9.17, 15) is 4.79 Å². The van der Waals surface area contributed by atoms with Crippen LogP contribution in [0.4, 0.5) is 0 Å². The van der Waals surface area contributed by atoms with Gasteiger partial charge in [-0.05, 0) is 24.0 Å². The number of rotatable bonds is 8. The van der Waals surface area contributed by atoms with E-state index in [0.29, 0.717) is 21.8 Å². The third-order valence-electron chi connectivity index (χ3n) is 4.93. The molecule has 0 bridgehead atoms. The number of thiol groups is 1. The molecule has 1 heterocycles. The van der Waals surface area contributed by atoms with Gasteiger partial charge in [0.1, 0.15) is 0 Å². The van der Waals surface area contributed by atoms with E-state index in [1.807, 2.05) is 12.1 Å². The largest absolute Gasteiger partial charge is 0.368 e. The van der Waals surface area contributed by atoms with Gasteiger partial charge in [0.15, 0.2) is 0 Å². The van der Waals surface area contributed by atoms with E-state index in [1.165, 1.54) is 0 Å². The van der Waals surface area contributed by atoms with Crippen LogP contribution >= 0.6 is 35.8 Å². The number of halogens is 2. The Morgan fingerprint density at radius 1 is 1.48 bits per heavy atom. The fourth-order valence-corrected chi connectivity index (χ4v) is 4.17. The zero-order valence-corrected chi connectivity index (χ0v) is 17.1. The van der Waals surface area contributed by atoms with E-state index in [1.54, 1.807) is 6.07 Å². The van der Waals surface area contributed by atoms with Crippen LogP contribution in [0.25, 0.3) is 0 Å². The quantitative estimate of drug-likeness (QED) is 0.583. The van der Waals surface area contributed by atoms with Gasteiger partial charge in [0.2, 0.25) is 5.91 Å². The minimum Gasteiger partial charge on any atom is -0.368 e. The van der Waals surface area contributed by atoms with Crippen molar-refractivity contribution >= 4 is 41.7 Å². The normalized spacial score (nSPS) is 23.0. The van der Waals surface area contributed by atoms with E-state index in [0.717, 1.165) is 31.5 Å². The number of primary amides is 1. The summed E-state index contributed by atoms with van der Waals surface area (Å²) in [6, 6.07) is 5.52. The molecule has 0 radical (unpaired) electrons. The number of benzene rings is 1. The molecule has 0 aromatic heterocycles. The molecule has 1 fully saturated rings. The number of nitrogens with zero attached hydrogens (tertiary/aromatic N) is 1. The standard InChI is InChI=1S/C18H27Cl2N3OS/c1-3-11(2)17(18(21)24)23(10-13-7-14(25)8-22-13)9-12-5-4-6-15(19)16(12)20/h4-6,11,13-14,17,22,25H,3,7-10H2,1-2H3,(H2,21,24)/t11-,13-,14-,17-/m0/s1. The summed E-state index contributed by atoms with van der Waals surface area (Å²) in [5.74, 6) is -0.142. The summed E-state index contributed by atoms with van der Waals surface area (Å²) in [6.45, 7) is 6.27. The Kier molecular flexibility index (Phi) is 7.90. The van der Waals surface area contributed by atoms with Gasteiger partial charge in [-0.15, -0.1) is 0 Å². The highest BCUT2D eigenvalue weighted by atomic mass is 35.5. The van der Waals surface area contributed by atoms with Crippen molar-refractivity contribution in [1.29, 1.82) is 0 Å². The molecular formula is C18H27Cl2N3OS. The minimum atomic E-state index is -0.346. The lowest BCUT2D eigenvalue weighted by atomic mass is 9.95. The molecule has 0 spiro atoms. The highest BCUT2D eigenvalue weighted by Crippen LogP contribution is 2.28. The van der Waals surface area contributed by atoms with E-state index >= 15 is 0 Å². The molecule has 1 amide bonds. The minimum absolute atomic E-state index is 0.156. The Morgan fingerprint density at radius 2 is 2.20 bits per heavy atom. The van der Waals surface area contributed by atoms with Crippen LogP contribution in [0, 0.1) is 5.92 Å². The van der Waals surface area contributed by atoms with Gasteiger partial charge in [0.25, 0.3) is 0 Å². The number of nitrogens with two attached hydrogens (primary N) is 1. The topological polar surface area (TPSA) is 58.4 Å². The summed E-state index contributed by atoms with van der Waals surface area (Å²) in [4.78, 5) is 14.3. The van der Waals surface area contributed by atoms with Gasteiger partial charge in [0.05, 0.1) is 16.1 Å². The van der Waals surface area contributed by atoms with Crippen LogP contribution in [0.1, 0.15) is 32.3 Å². The van der Waals surface area contributed by atoms with Crippen molar-refractivity contribution in [3.63, 3.8) is 0 Å². The summed E-state index contributed by atoms with van der Waals surface area (Å²) in [5, 5.41) is 4.87. The van der Waals surface area contributed by atoms with Crippen LogP contribution in [-0.2, 0) is 11.3 Å². The molecule has 25 heavy (non-hydrogen) atoms. The molecule has 0 aliphatic carbocycles. The van der Waals surface area contributed by atoms with Crippen molar-refractivity contribution in [2.45, 2.75) is 50.6 Å². The second-order valence-electron chi connectivity index (χ2n) is 6.87. The third kappa shape index (κ3) is 5.51. The second kappa shape index (κ2) is 9.47. The van der Waals surface area contributed by atoms with Crippen LogP contribution in [0.2, 0.25) is 10.0 Å². The van der Waals surface area contributed by atoms with Crippen LogP contribution in [0.3, 0.4) is 0 Å². The Labute approximate surface area is 165 Å². The maximum atomic E-state index is 12.2. The summed E-state index contributed by atoms with van der Waals surface area (Å²) in [6.07, 6.45) is 1.84. The Balaban J connectivity index is 2.26. The molecule has 0 unspecified atom stereocenters. The average Bonchev–Trinajstić information content (AvgIpc) is 2.96. The van der Waals surface area contributed by atoms with Crippen LogP contribution in [0.5, 0.6) is 0 Å². The molecule has 2 rings (SSSR count). The van der Waals surface area contributed by atoms with Gasteiger partial charge in [-0.1, -0.05) is 55.6 Å². The molecule has 1 aliphatic rings. The van der Waals surface area contributed by atoms with Gasteiger partial charge < -0.3 is 11.1 Å². The van der Waals surface area contributed by atoms with Gasteiger partial charge >= 0.3 is 0 Å². The fraction of sp³-hybridized carbons (Fsp3) is 0.611. The number of hydrogen-bond donors (Lipinski definition) is 3. The lowest BCUT2D eigenvalue weighted by Crippen LogP contribution is -2.51. The summed E-state index contributed by atoms with van der Waals surface area (Å²) in [5.41, 5.74) is 6.67. The number of nitrogens with one attached hydrogen (secondary N) is 1. The molecule has 1 saturated heterocycles. The molecule has 1 aromatic rings. The summed E-state index contributed by atoms with van der Waals surface area (Å²) in [7, 11) is 0. The van der Waals surface area contributed by atoms with Crippen molar-refractivity contribution in [1.82, 2.24) is 10.2 Å². The van der Waals surface area contributed by atoms with Gasteiger partial charge in [0, 0.05) is 30.9 Å². The van der Waals surface area contributed by atoms with Crippen molar-refractivity contribution in [2.75, 3.05) is 13.1 Å². The van der Waals surface area contributed by atoms with E-state index in [4.69, 9.17) is 28.9 Å². The zero-order valence-electron chi connectivity index (χ0n) is 14.7. The first-order valence-corrected chi connectivity index (χ1v) is 9.98. The zero-order chi connectivity index (χ0) is 18.6. The molecule has 3 N–H and O–H groups in total. The highest BCUT2D eigenvalue weighted by molar-refractivity contribution is 7.81. The Hall–Kier alpha value is -0.460. The van der Waals surface area contributed by atoms with Gasteiger partial charge in [-0.25, -0.2) is 0 Å². The highest BCUT2D eigenvalue weighted by Gasteiger charge is 2.32. The number of carbonyl (C=O) groups is 1. The van der Waals surface area contributed by atoms with Gasteiger partial charge in [-0.2, -0.15) is 12.6 Å². The van der Waals surface area contributed by atoms with Crippen molar-refractivity contribution in [3.05, 3.63) is 33.8 Å².